The molecule has 0 aliphatic heterocycles. The van der Waals surface area contributed by atoms with Crippen molar-refractivity contribution in [1.82, 2.24) is 9.97 Å². The summed E-state index contributed by atoms with van der Waals surface area (Å²) in [6.45, 7) is 6.45. The van der Waals surface area contributed by atoms with E-state index in [0.717, 1.165) is 29.4 Å². The van der Waals surface area contributed by atoms with Gasteiger partial charge in [-0.15, -0.1) is 0 Å². The predicted molar refractivity (Wildman–Crippen MR) is 75.5 cm³/mol. The Hall–Kier alpha value is -1.12. The van der Waals surface area contributed by atoms with Gasteiger partial charge in [0.25, 0.3) is 0 Å². The number of rotatable bonds is 3. The monoisotopic (exact) mass is 247 g/mol. The first-order valence-electron chi connectivity index (χ1n) is 7.28. The lowest BCUT2D eigenvalue weighted by molar-refractivity contribution is 0.312. The van der Waals surface area contributed by atoms with Crippen LogP contribution in [0.15, 0.2) is 0 Å². The molecule has 1 aromatic heterocycles. The van der Waals surface area contributed by atoms with Gasteiger partial charge in [-0.1, -0.05) is 20.3 Å². The number of aryl methyl sites for hydroxylation is 1. The van der Waals surface area contributed by atoms with Gasteiger partial charge >= 0.3 is 0 Å². The summed E-state index contributed by atoms with van der Waals surface area (Å²) in [7, 11) is 0. The van der Waals surface area contributed by atoms with E-state index >= 15 is 0 Å². The largest absolute Gasteiger partial charge is 0.383 e. The smallest absolute Gasteiger partial charge is 0.134 e. The van der Waals surface area contributed by atoms with Crippen molar-refractivity contribution in [3.05, 3.63) is 17.1 Å². The Morgan fingerprint density at radius 3 is 2.28 bits per heavy atom. The Labute approximate surface area is 110 Å². The van der Waals surface area contributed by atoms with Crippen LogP contribution in [-0.4, -0.2) is 9.97 Å². The third kappa shape index (κ3) is 2.65. The first-order chi connectivity index (χ1) is 8.65. The van der Waals surface area contributed by atoms with E-state index in [1.54, 1.807) is 0 Å². The highest BCUT2D eigenvalue weighted by atomic mass is 15.0. The summed E-state index contributed by atoms with van der Waals surface area (Å²) >= 11 is 0. The lowest BCUT2D eigenvalue weighted by Gasteiger charge is -2.27. The summed E-state index contributed by atoms with van der Waals surface area (Å²) in [6, 6.07) is 0. The van der Waals surface area contributed by atoms with Gasteiger partial charge in [-0.25, -0.2) is 9.97 Å². The van der Waals surface area contributed by atoms with Crippen molar-refractivity contribution in [3.8, 4) is 0 Å². The fourth-order valence-corrected chi connectivity index (χ4v) is 3.09. The van der Waals surface area contributed by atoms with Crippen LogP contribution in [0.3, 0.4) is 0 Å². The molecule has 3 nitrogen and oxygen atoms in total. The molecule has 1 aliphatic carbocycles. The predicted octanol–water partition coefficient (Wildman–Crippen LogP) is 3.61. The van der Waals surface area contributed by atoms with Gasteiger partial charge < -0.3 is 5.73 Å². The lowest BCUT2D eigenvalue weighted by Crippen LogP contribution is -2.16. The van der Waals surface area contributed by atoms with Crippen LogP contribution in [0.4, 0.5) is 5.82 Å². The van der Waals surface area contributed by atoms with Crippen molar-refractivity contribution in [2.45, 2.75) is 65.2 Å². The minimum atomic E-state index is 0.528. The molecule has 1 aliphatic rings. The molecule has 1 saturated carbocycles. The third-order valence-electron chi connectivity index (χ3n) is 4.41. The number of hydrogen-bond acceptors (Lipinski definition) is 3. The molecule has 0 spiro atoms. The maximum Gasteiger partial charge on any atom is 0.134 e. The van der Waals surface area contributed by atoms with Crippen LogP contribution in [0.25, 0.3) is 0 Å². The van der Waals surface area contributed by atoms with Crippen LogP contribution in [0.5, 0.6) is 0 Å². The Bertz CT molecular complexity index is 383. The highest BCUT2D eigenvalue weighted by Gasteiger charge is 2.24. The van der Waals surface area contributed by atoms with Crippen LogP contribution >= 0.6 is 0 Å². The summed E-state index contributed by atoms with van der Waals surface area (Å²) < 4.78 is 0. The highest BCUT2D eigenvalue weighted by Crippen LogP contribution is 2.36. The fraction of sp³-hybridized carbons (Fsp3) is 0.733. The Balaban J connectivity index is 2.15. The van der Waals surface area contributed by atoms with E-state index in [1.807, 2.05) is 0 Å². The molecule has 0 saturated heterocycles. The Morgan fingerprint density at radius 2 is 1.78 bits per heavy atom. The molecule has 3 heteroatoms. The number of aromatic nitrogens is 2. The van der Waals surface area contributed by atoms with Crippen molar-refractivity contribution >= 4 is 5.82 Å². The number of anilines is 1. The molecule has 0 bridgehead atoms. The fourth-order valence-electron chi connectivity index (χ4n) is 3.09. The van der Waals surface area contributed by atoms with Crippen LogP contribution < -0.4 is 5.73 Å². The molecule has 1 fully saturated rings. The molecule has 0 radical (unpaired) electrons. The standard InChI is InChI=1S/C15H25N3/c1-4-11-6-8-12(9-7-11)15-17-10(3)13(5-2)14(16)18-15/h11-12H,4-9H2,1-3H3,(H2,16,17,18). The number of nitrogen functional groups attached to an aromatic ring is 1. The average molecular weight is 247 g/mol. The first kappa shape index (κ1) is 13.3. The number of nitrogens with two attached hydrogens (primary N) is 1. The molecule has 100 valence electrons. The van der Waals surface area contributed by atoms with E-state index in [2.05, 4.69) is 30.7 Å². The first-order valence-corrected chi connectivity index (χ1v) is 7.28. The van der Waals surface area contributed by atoms with Gasteiger partial charge in [0.2, 0.25) is 0 Å². The van der Waals surface area contributed by atoms with Gasteiger partial charge in [-0.05, 0) is 44.9 Å². The van der Waals surface area contributed by atoms with Gasteiger partial charge in [-0.3, -0.25) is 0 Å². The molecule has 1 heterocycles. The van der Waals surface area contributed by atoms with Crippen molar-refractivity contribution in [1.29, 1.82) is 0 Å². The third-order valence-corrected chi connectivity index (χ3v) is 4.41. The maximum atomic E-state index is 6.04. The molecule has 0 unspecified atom stereocenters. The normalized spacial score (nSPS) is 24.2. The van der Waals surface area contributed by atoms with Crippen molar-refractivity contribution < 1.29 is 0 Å². The molecule has 0 aromatic carbocycles. The highest BCUT2D eigenvalue weighted by molar-refractivity contribution is 5.42. The van der Waals surface area contributed by atoms with Crippen LogP contribution in [0, 0.1) is 12.8 Å². The van der Waals surface area contributed by atoms with Gasteiger partial charge in [0.15, 0.2) is 0 Å². The van der Waals surface area contributed by atoms with Crippen molar-refractivity contribution in [2.24, 2.45) is 5.92 Å². The van der Waals surface area contributed by atoms with E-state index in [0.29, 0.717) is 11.7 Å². The SMILES string of the molecule is CCc1c(C)nc(C2CCC(CC)CC2)nc1N. The number of hydrogen-bond donors (Lipinski definition) is 1. The summed E-state index contributed by atoms with van der Waals surface area (Å²) in [6.07, 6.45) is 7.31. The Morgan fingerprint density at radius 1 is 1.11 bits per heavy atom. The van der Waals surface area contributed by atoms with Crippen LogP contribution in [0.1, 0.15) is 69.0 Å². The Kier molecular flexibility index (Phi) is 4.20. The molecular formula is C15H25N3. The second-order valence-electron chi connectivity index (χ2n) is 5.51. The zero-order chi connectivity index (χ0) is 13.1. The zero-order valence-electron chi connectivity index (χ0n) is 11.9. The van der Waals surface area contributed by atoms with Crippen LogP contribution in [-0.2, 0) is 6.42 Å². The van der Waals surface area contributed by atoms with Crippen molar-refractivity contribution in [3.63, 3.8) is 0 Å². The topological polar surface area (TPSA) is 51.8 Å². The van der Waals surface area contributed by atoms with E-state index < -0.39 is 0 Å². The minimum Gasteiger partial charge on any atom is -0.383 e. The molecule has 2 N–H and O–H groups in total. The van der Waals surface area contributed by atoms with Gasteiger partial charge in [0, 0.05) is 17.2 Å². The molecule has 0 amide bonds. The van der Waals surface area contributed by atoms with E-state index in [-0.39, 0.29) is 0 Å². The summed E-state index contributed by atoms with van der Waals surface area (Å²) in [5.41, 5.74) is 8.22. The van der Waals surface area contributed by atoms with E-state index in [4.69, 9.17) is 5.73 Å². The second-order valence-corrected chi connectivity index (χ2v) is 5.51. The lowest BCUT2D eigenvalue weighted by atomic mass is 9.80. The molecule has 0 atom stereocenters. The van der Waals surface area contributed by atoms with Gasteiger partial charge in [0.1, 0.15) is 11.6 Å². The van der Waals surface area contributed by atoms with Crippen molar-refractivity contribution in [2.75, 3.05) is 5.73 Å². The molecular weight excluding hydrogens is 222 g/mol. The molecule has 18 heavy (non-hydrogen) atoms. The average Bonchev–Trinajstić information content (AvgIpc) is 2.38. The van der Waals surface area contributed by atoms with Gasteiger partial charge in [-0.2, -0.15) is 0 Å². The second kappa shape index (κ2) is 5.68. The number of nitrogens with zero attached hydrogens (tertiary/aromatic N) is 2. The van der Waals surface area contributed by atoms with E-state index in [1.165, 1.54) is 32.1 Å². The minimum absolute atomic E-state index is 0.528. The van der Waals surface area contributed by atoms with Crippen LogP contribution in [0.2, 0.25) is 0 Å². The summed E-state index contributed by atoms with van der Waals surface area (Å²) in [4.78, 5) is 9.23. The summed E-state index contributed by atoms with van der Waals surface area (Å²) in [5.74, 6) is 3.11. The maximum absolute atomic E-state index is 6.04. The van der Waals surface area contributed by atoms with E-state index in [9.17, 15) is 0 Å². The summed E-state index contributed by atoms with van der Waals surface area (Å²) in [5, 5.41) is 0. The quantitative estimate of drug-likeness (QED) is 0.887. The molecule has 1 aromatic rings. The van der Waals surface area contributed by atoms with Gasteiger partial charge in [0.05, 0.1) is 0 Å². The molecule has 2 rings (SSSR count). The zero-order valence-corrected chi connectivity index (χ0v) is 11.9.